The van der Waals surface area contributed by atoms with Crippen molar-refractivity contribution in [3.05, 3.63) is 34.1 Å². The van der Waals surface area contributed by atoms with Crippen LogP contribution in [0.1, 0.15) is 31.7 Å². The number of benzene rings is 1. The molecule has 1 unspecified atom stereocenters. The van der Waals surface area contributed by atoms with Gasteiger partial charge in [-0.3, -0.25) is 4.99 Å². The van der Waals surface area contributed by atoms with E-state index in [9.17, 15) is 4.39 Å². The van der Waals surface area contributed by atoms with Crippen molar-refractivity contribution < 1.29 is 13.9 Å². The fraction of sp³-hybridized carbons (Fsp3) is 0.650. The molecule has 0 aromatic heterocycles. The molecule has 0 bridgehead atoms. The second-order valence-electron chi connectivity index (χ2n) is 6.68. The lowest BCUT2D eigenvalue weighted by Crippen LogP contribution is -2.38. The van der Waals surface area contributed by atoms with Crippen LogP contribution in [0.3, 0.4) is 0 Å². The number of nitrogens with zero attached hydrogens (tertiary/aromatic N) is 1. The Bertz CT molecular complexity index is 587. The van der Waals surface area contributed by atoms with Crippen LogP contribution in [0.5, 0.6) is 0 Å². The van der Waals surface area contributed by atoms with Crippen LogP contribution in [0.2, 0.25) is 0 Å². The third kappa shape index (κ3) is 10.4. The maximum Gasteiger partial charge on any atom is 0.191 e. The summed E-state index contributed by atoms with van der Waals surface area (Å²) in [4.78, 5) is 4.56. The minimum Gasteiger partial charge on any atom is -0.381 e. The van der Waals surface area contributed by atoms with E-state index in [0.717, 1.165) is 74.8 Å². The van der Waals surface area contributed by atoms with Gasteiger partial charge in [-0.25, -0.2) is 4.39 Å². The molecule has 1 heterocycles. The van der Waals surface area contributed by atoms with E-state index in [1.54, 1.807) is 0 Å². The van der Waals surface area contributed by atoms with E-state index in [2.05, 4.69) is 31.6 Å². The van der Waals surface area contributed by atoms with Crippen LogP contribution in [0.25, 0.3) is 0 Å². The first-order chi connectivity index (χ1) is 13.2. The molecule has 1 fully saturated rings. The Kier molecular flexibility index (Phi) is 14.1. The first-order valence-corrected chi connectivity index (χ1v) is 10.6. The molecule has 1 atom stereocenters. The average Bonchev–Trinajstić information content (AvgIpc) is 3.16. The Morgan fingerprint density at radius 1 is 1.36 bits per heavy atom. The molecular formula is C20H32BrFIN3O2. The van der Waals surface area contributed by atoms with Crippen LogP contribution < -0.4 is 10.6 Å². The van der Waals surface area contributed by atoms with Gasteiger partial charge in [0.25, 0.3) is 0 Å². The summed E-state index contributed by atoms with van der Waals surface area (Å²) < 4.78 is 25.6. The number of aliphatic imine (C=N–C) groups is 1. The van der Waals surface area contributed by atoms with Gasteiger partial charge in [0.2, 0.25) is 0 Å². The zero-order valence-electron chi connectivity index (χ0n) is 16.5. The Hall–Kier alpha value is -0.450. The van der Waals surface area contributed by atoms with E-state index in [0.29, 0.717) is 18.9 Å². The van der Waals surface area contributed by atoms with Gasteiger partial charge >= 0.3 is 0 Å². The predicted octanol–water partition coefficient (Wildman–Crippen LogP) is 4.14. The number of hydrogen-bond donors (Lipinski definition) is 2. The summed E-state index contributed by atoms with van der Waals surface area (Å²) in [5.74, 6) is 1.20. The van der Waals surface area contributed by atoms with Gasteiger partial charge in [-0.1, -0.05) is 22.0 Å². The topological polar surface area (TPSA) is 54.9 Å². The molecule has 0 amide bonds. The maximum absolute atomic E-state index is 13.8. The quantitative estimate of drug-likeness (QED) is 0.181. The highest BCUT2D eigenvalue weighted by molar-refractivity contribution is 14.0. The molecule has 0 spiro atoms. The summed E-state index contributed by atoms with van der Waals surface area (Å²) in [5.41, 5.74) is 0.733. The zero-order chi connectivity index (χ0) is 19.3. The van der Waals surface area contributed by atoms with Crippen molar-refractivity contribution in [2.75, 3.05) is 46.1 Å². The van der Waals surface area contributed by atoms with E-state index in [1.807, 2.05) is 19.1 Å². The highest BCUT2D eigenvalue weighted by Crippen LogP contribution is 2.16. The van der Waals surface area contributed by atoms with Crippen molar-refractivity contribution in [1.82, 2.24) is 10.6 Å². The summed E-state index contributed by atoms with van der Waals surface area (Å²) in [5, 5.41) is 6.56. The third-order valence-electron chi connectivity index (χ3n) is 4.37. The van der Waals surface area contributed by atoms with Crippen LogP contribution in [0.4, 0.5) is 4.39 Å². The lowest BCUT2D eigenvalue weighted by molar-refractivity contribution is 0.0888. The van der Waals surface area contributed by atoms with Crippen molar-refractivity contribution in [3.63, 3.8) is 0 Å². The number of guanidine groups is 1. The SMILES string of the molecule is CCNC(=NCCCc1ccc(Br)cc1F)NCCCOCC1CCOC1.I. The minimum atomic E-state index is -0.164. The van der Waals surface area contributed by atoms with Crippen molar-refractivity contribution >= 4 is 45.9 Å². The Morgan fingerprint density at radius 3 is 2.93 bits per heavy atom. The molecule has 1 aliphatic heterocycles. The molecule has 1 aliphatic rings. The summed E-state index contributed by atoms with van der Waals surface area (Å²) in [7, 11) is 0. The number of hydrogen-bond acceptors (Lipinski definition) is 3. The minimum absolute atomic E-state index is 0. The fourth-order valence-electron chi connectivity index (χ4n) is 2.87. The highest BCUT2D eigenvalue weighted by Gasteiger charge is 2.15. The standard InChI is InChI=1S/C20H31BrFN3O2.HI/c1-2-23-20(25-10-4-11-26-14-16-8-12-27-15-16)24-9-3-5-17-6-7-18(21)13-19(17)22;/h6-7,13,16H,2-5,8-12,14-15H2,1H3,(H2,23,24,25);1H. The van der Waals surface area contributed by atoms with Gasteiger partial charge in [0.1, 0.15) is 5.82 Å². The highest BCUT2D eigenvalue weighted by atomic mass is 127. The molecule has 2 rings (SSSR count). The molecule has 5 nitrogen and oxygen atoms in total. The summed E-state index contributed by atoms with van der Waals surface area (Å²) in [6.45, 7) is 7.56. The first-order valence-electron chi connectivity index (χ1n) is 9.80. The van der Waals surface area contributed by atoms with Crippen LogP contribution in [0.15, 0.2) is 27.7 Å². The van der Waals surface area contributed by atoms with Gasteiger partial charge in [-0.05, 0) is 50.3 Å². The van der Waals surface area contributed by atoms with Gasteiger partial charge in [-0.2, -0.15) is 0 Å². The Balaban J connectivity index is 0.00000392. The molecule has 0 radical (unpaired) electrons. The van der Waals surface area contributed by atoms with E-state index >= 15 is 0 Å². The molecule has 1 saturated heterocycles. The third-order valence-corrected chi connectivity index (χ3v) is 4.86. The molecule has 0 saturated carbocycles. The molecule has 28 heavy (non-hydrogen) atoms. The molecule has 1 aromatic rings. The lowest BCUT2D eigenvalue weighted by Gasteiger charge is -2.12. The largest absolute Gasteiger partial charge is 0.381 e. The smallest absolute Gasteiger partial charge is 0.191 e. The van der Waals surface area contributed by atoms with Gasteiger partial charge < -0.3 is 20.1 Å². The number of rotatable bonds is 11. The first kappa shape index (κ1) is 25.6. The fourth-order valence-corrected chi connectivity index (χ4v) is 3.21. The van der Waals surface area contributed by atoms with Crippen molar-refractivity contribution in [1.29, 1.82) is 0 Å². The van der Waals surface area contributed by atoms with Crippen LogP contribution >= 0.6 is 39.9 Å². The predicted molar refractivity (Wildman–Crippen MR) is 126 cm³/mol. The maximum atomic E-state index is 13.8. The van der Waals surface area contributed by atoms with Crippen molar-refractivity contribution in [3.8, 4) is 0 Å². The summed E-state index contributed by atoms with van der Waals surface area (Å²) in [6, 6.07) is 5.20. The molecule has 1 aromatic carbocycles. The molecular weight excluding hydrogens is 540 g/mol. The Morgan fingerprint density at radius 2 is 2.21 bits per heavy atom. The zero-order valence-corrected chi connectivity index (χ0v) is 20.4. The van der Waals surface area contributed by atoms with E-state index in [1.165, 1.54) is 6.07 Å². The Labute approximate surface area is 193 Å². The number of halogens is 3. The van der Waals surface area contributed by atoms with Gasteiger partial charge in [-0.15, -0.1) is 24.0 Å². The van der Waals surface area contributed by atoms with Gasteiger partial charge in [0.05, 0.1) is 13.2 Å². The number of aryl methyl sites for hydroxylation is 1. The van der Waals surface area contributed by atoms with E-state index in [4.69, 9.17) is 9.47 Å². The van der Waals surface area contributed by atoms with E-state index in [-0.39, 0.29) is 29.8 Å². The molecule has 2 N–H and O–H groups in total. The number of ether oxygens (including phenoxy) is 2. The van der Waals surface area contributed by atoms with Gasteiger partial charge in [0.15, 0.2) is 5.96 Å². The molecule has 8 heteroatoms. The van der Waals surface area contributed by atoms with Crippen LogP contribution in [-0.2, 0) is 15.9 Å². The second-order valence-corrected chi connectivity index (χ2v) is 7.60. The monoisotopic (exact) mass is 571 g/mol. The van der Waals surface area contributed by atoms with Crippen LogP contribution in [-0.4, -0.2) is 52.0 Å². The number of nitrogens with one attached hydrogen (secondary N) is 2. The average molecular weight is 572 g/mol. The molecule has 160 valence electrons. The second kappa shape index (κ2) is 15.4. The van der Waals surface area contributed by atoms with Crippen molar-refractivity contribution in [2.45, 2.75) is 32.6 Å². The summed E-state index contributed by atoms with van der Waals surface area (Å²) in [6.07, 6.45) is 3.53. The van der Waals surface area contributed by atoms with Gasteiger partial charge in [0, 0.05) is 43.2 Å². The van der Waals surface area contributed by atoms with E-state index < -0.39 is 0 Å². The van der Waals surface area contributed by atoms with Crippen molar-refractivity contribution in [2.24, 2.45) is 10.9 Å². The van der Waals surface area contributed by atoms with Crippen LogP contribution in [0, 0.1) is 11.7 Å². The molecule has 0 aliphatic carbocycles. The summed E-state index contributed by atoms with van der Waals surface area (Å²) >= 11 is 3.28. The lowest BCUT2D eigenvalue weighted by atomic mass is 10.1. The normalized spacial score (nSPS) is 16.7.